The Labute approximate surface area is 93.9 Å². The van der Waals surface area contributed by atoms with Crippen LogP contribution >= 0.6 is 0 Å². The van der Waals surface area contributed by atoms with E-state index in [4.69, 9.17) is 5.73 Å². The molecule has 0 amide bonds. The van der Waals surface area contributed by atoms with E-state index < -0.39 is 0 Å². The second-order valence-corrected chi connectivity index (χ2v) is 3.81. The molecule has 0 aliphatic rings. The second kappa shape index (κ2) is 4.89. The van der Waals surface area contributed by atoms with Crippen LogP contribution in [0.25, 0.3) is 5.65 Å². The van der Waals surface area contributed by atoms with Gasteiger partial charge in [0.15, 0.2) is 5.82 Å². The third kappa shape index (κ3) is 2.27. The molecule has 0 saturated heterocycles. The Morgan fingerprint density at radius 3 is 3.25 bits per heavy atom. The van der Waals surface area contributed by atoms with E-state index in [9.17, 15) is 0 Å². The Kier molecular flexibility index (Phi) is 3.31. The minimum absolute atomic E-state index is 0.332. The highest BCUT2D eigenvalue weighted by atomic mass is 15.2. The lowest BCUT2D eigenvalue weighted by Gasteiger charge is -2.13. The summed E-state index contributed by atoms with van der Waals surface area (Å²) in [5, 5.41) is 11.2. The summed E-state index contributed by atoms with van der Waals surface area (Å²) < 4.78 is 1.84. The van der Waals surface area contributed by atoms with Gasteiger partial charge in [0.1, 0.15) is 6.33 Å². The first kappa shape index (κ1) is 10.8. The molecule has 0 aromatic carbocycles. The molecule has 0 aliphatic heterocycles. The number of anilines is 1. The van der Waals surface area contributed by atoms with E-state index >= 15 is 0 Å². The van der Waals surface area contributed by atoms with Gasteiger partial charge in [-0.2, -0.15) is 0 Å². The van der Waals surface area contributed by atoms with Crippen molar-refractivity contribution < 1.29 is 0 Å². The molecular formula is C10H16N6. The maximum Gasteiger partial charge on any atom is 0.203 e. The predicted molar refractivity (Wildman–Crippen MR) is 62.2 cm³/mol. The van der Waals surface area contributed by atoms with Gasteiger partial charge in [-0.25, -0.2) is 4.98 Å². The van der Waals surface area contributed by atoms with E-state index in [-0.39, 0.29) is 0 Å². The van der Waals surface area contributed by atoms with Crippen molar-refractivity contribution in [2.75, 3.05) is 11.9 Å². The first-order valence-electron chi connectivity index (χ1n) is 5.42. The van der Waals surface area contributed by atoms with Crippen LogP contribution in [0.15, 0.2) is 18.7 Å². The molecule has 2 rings (SSSR count). The average molecular weight is 220 g/mol. The average Bonchev–Trinajstić information content (AvgIpc) is 2.75. The second-order valence-electron chi connectivity index (χ2n) is 3.81. The van der Waals surface area contributed by atoms with Crippen LogP contribution < -0.4 is 11.1 Å². The van der Waals surface area contributed by atoms with Gasteiger partial charge in [0.05, 0.1) is 0 Å². The van der Waals surface area contributed by atoms with E-state index in [0.717, 1.165) is 24.3 Å². The SMILES string of the molecule is CC(CCCN)Nc1nccn2cnnc12. The van der Waals surface area contributed by atoms with E-state index in [2.05, 4.69) is 27.4 Å². The standard InChI is InChI=1S/C10H16N6/c1-8(3-2-4-11)14-9-10-15-13-7-16(10)6-5-12-9/h5-8H,2-4,11H2,1H3,(H,12,14). The quantitative estimate of drug-likeness (QED) is 0.773. The summed E-state index contributed by atoms with van der Waals surface area (Å²) >= 11 is 0. The van der Waals surface area contributed by atoms with Crippen LogP contribution in [0.2, 0.25) is 0 Å². The zero-order valence-corrected chi connectivity index (χ0v) is 9.30. The predicted octanol–water partition coefficient (Wildman–Crippen LogP) is 0.664. The summed E-state index contributed by atoms with van der Waals surface area (Å²) in [6.07, 6.45) is 7.24. The molecule has 1 atom stereocenters. The van der Waals surface area contributed by atoms with E-state index in [1.807, 2.05) is 10.6 Å². The van der Waals surface area contributed by atoms with Crippen molar-refractivity contribution in [3.63, 3.8) is 0 Å². The van der Waals surface area contributed by atoms with Crippen LogP contribution in [-0.4, -0.2) is 32.2 Å². The van der Waals surface area contributed by atoms with Gasteiger partial charge in [0, 0.05) is 18.4 Å². The molecule has 1 unspecified atom stereocenters. The highest BCUT2D eigenvalue weighted by Gasteiger charge is 2.07. The fourth-order valence-corrected chi connectivity index (χ4v) is 1.59. The molecule has 2 heterocycles. The highest BCUT2D eigenvalue weighted by Crippen LogP contribution is 2.12. The molecule has 0 fully saturated rings. The van der Waals surface area contributed by atoms with Crippen LogP contribution in [-0.2, 0) is 0 Å². The van der Waals surface area contributed by atoms with E-state index in [1.54, 1.807) is 12.5 Å². The number of fused-ring (bicyclic) bond motifs is 1. The Balaban J connectivity index is 2.11. The van der Waals surface area contributed by atoms with Crippen molar-refractivity contribution in [1.82, 2.24) is 19.6 Å². The molecule has 2 aromatic rings. The number of nitrogens with zero attached hydrogens (tertiary/aromatic N) is 4. The van der Waals surface area contributed by atoms with Crippen molar-refractivity contribution in [2.24, 2.45) is 5.73 Å². The van der Waals surface area contributed by atoms with Gasteiger partial charge >= 0.3 is 0 Å². The largest absolute Gasteiger partial charge is 0.364 e. The molecule has 86 valence electrons. The van der Waals surface area contributed by atoms with Gasteiger partial charge in [-0.05, 0) is 26.3 Å². The van der Waals surface area contributed by atoms with Gasteiger partial charge in [-0.1, -0.05) is 0 Å². The van der Waals surface area contributed by atoms with E-state index in [1.165, 1.54) is 0 Å². The van der Waals surface area contributed by atoms with Crippen molar-refractivity contribution in [2.45, 2.75) is 25.8 Å². The lowest BCUT2D eigenvalue weighted by Crippen LogP contribution is -2.18. The third-order valence-corrected chi connectivity index (χ3v) is 2.44. The number of aromatic nitrogens is 4. The van der Waals surface area contributed by atoms with Crippen molar-refractivity contribution in [1.29, 1.82) is 0 Å². The summed E-state index contributed by atoms with van der Waals surface area (Å²) in [7, 11) is 0. The molecule has 16 heavy (non-hydrogen) atoms. The molecule has 3 N–H and O–H groups in total. The van der Waals surface area contributed by atoms with Crippen molar-refractivity contribution in [3.05, 3.63) is 18.7 Å². The van der Waals surface area contributed by atoms with Gasteiger partial charge in [-0.15, -0.1) is 10.2 Å². The van der Waals surface area contributed by atoms with Gasteiger partial charge < -0.3 is 11.1 Å². The number of nitrogens with two attached hydrogens (primary N) is 1. The van der Waals surface area contributed by atoms with Crippen LogP contribution in [0.4, 0.5) is 5.82 Å². The minimum Gasteiger partial charge on any atom is -0.364 e. The van der Waals surface area contributed by atoms with E-state index in [0.29, 0.717) is 12.6 Å². The third-order valence-electron chi connectivity index (χ3n) is 2.44. The molecular weight excluding hydrogens is 204 g/mol. The van der Waals surface area contributed by atoms with Crippen molar-refractivity contribution in [3.8, 4) is 0 Å². The molecule has 0 aliphatic carbocycles. The number of rotatable bonds is 5. The lowest BCUT2D eigenvalue weighted by molar-refractivity contribution is 0.661. The van der Waals surface area contributed by atoms with Gasteiger partial charge in [0.2, 0.25) is 5.65 Å². The fourth-order valence-electron chi connectivity index (χ4n) is 1.59. The zero-order chi connectivity index (χ0) is 11.4. The van der Waals surface area contributed by atoms with Crippen LogP contribution in [0.3, 0.4) is 0 Å². The fraction of sp³-hybridized carbons (Fsp3) is 0.500. The van der Waals surface area contributed by atoms with Crippen molar-refractivity contribution >= 4 is 11.5 Å². The molecule has 0 saturated carbocycles. The Bertz CT molecular complexity index is 451. The molecule has 0 spiro atoms. The summed E-state index contributed by atoms with van der Waals surface area (Å²) in [5.74, 6) is 0.768. The molecule has 0 bridgehead atoms. The monoisotopic (exact) mass is 220 g/mol. The Hall–Kier alpha value is -1.69. The molecule has 2 aromatic heterocycles. The maximum atomic E-state index is 5.47. The Morgan fingerprint density at radius 2 is 2.44 bits per heavy atom. The smallest absolute Gasteiger partial charge is 0.203 e. The first-order valence-corrected chi connectivity index (χ1v) is 5.42. The van der Waals surface area contributed by atoms with Crippen LogP contribution in [0.1, 0.15) is 19.8 Å². The van der Waals surface area contributed by atoms with Gasteiger partial charge in [0.25, 0.3) is 0 Å². The summed E-state index contributed by atoms with van der Waals surface area (Å²) in [4.78, 5) is 4.26. The summed E-state index contributed by atoms with van der Waals surface area (Å²) in [5.41, 5.74) is 6.23. The zero-order valence-electron chi connectivity index (χ0n) is 9.30. The summed E-state index contributed by atoms with van der Waals surface area (Å²) in [6.45, 7) is 2.83. The molecule has 6 nitrogen and oxygen atoms in total. The summed E-state index contributed by atoms with van der Waals surface area (Å²) in [6, 6.07) is 0.332. The molecule has 0 radical (unpaired) electrons. The number of hydrogen-bond acceptors (Lipinski definition) is 5. The maximum absolute atomic E-state index is 5.47. The minimum atomic E-state index is 0.332. The Morgan fingerprint density at radius 1 is 1.56 bits per heavy atom. The van der Waals surface area contributed by atoms with Crippen LogP contribution in [0.5, 0.6) is 0 Å². The number of hydrogen-bond donors (Lipinski definition) is 2. The topological polar surface area (TPSA) is 81.1 Å². The van der Waals surface area contributed by atoms with Gasteiger partial charge in [-0.3, -0.25) is 4.40 Å². The first-order chi connectivity index (χ1) is 7.81. The number of nitrogens with one attached hydrogen (secondary N) is 1. The lowest BCUT2D eigenvalue weighted by atomic mass is 10.2. The molecule has 6 heteroatoms. The van der Waals surface area contributed by atoms with Crippen LogP contribution in [0, 0.1) is 0 Å². The highest BCUT2D eigenvalue weighted by molar-refractivity contribution is 5.61. The normalized spacial score (nSPS) is 12.9.